The van der Waals surface area contributed by atoms with Gasteiger partial charge < -0.3 is 10.0 Å². The number of carbonyl (C=O) groups is 1. The normalized spacial score (nSPS) is 21.4. The highest BCUT2D eigenvalue weighted by molar-refractivity contribution is 5.72. The fraction of sp³-hybridized carbons (Fsp3) is 0.381. The van der Waals surface area contributed by atoms with Crippen LogP contribution in [0, 0.1) is 0 Å². The van der Waals surface area contributed by atoms with Gasteiger partial charge in [-0.05, 0) is 43.4 Å². The van der Waals surface area contributed by atoms with Crippen molar-refractivity contribution in [3.05, 3.63) is 64.7 Å². The van der Waals surface area contributed by atoms with Crippen molar-refractivity contribution in [1.29, 1.82) is 0 Å². The van der Waals surface area contributed by atoms with Crippen molar-refractivity contribution in [2.75, 3.05) is 0 Å². The molecule has 2 fully saturated rings. The Morgan fingerprint density at radius 1 is 1.07 bits per heavy atom. The molecule has 0 atom stereocenters. The first-order valence-corrected chi connectivity index (χ1v) is 9.74. The number of rotatable bonds is 5. The van der Waals surface area contributed by atoms with Crippen LogP contribution >= 0.6 is 0 Å². The summed E-state index contributed by atoms with van der Waals surface area (Å²) in [6, 6.07) is 13.6. The van der Waals surface area contributed by atoms with Gasteiger partial charge in [0.2, 0.25) is 0 Å². The van der Waals surface area contributed by atoms with Crippen molar-refractivity contribution in [3.8, 4) is 0 Å². The Morgan fingerprint density at radius 3 is 2.50 bits per heavy atom. The van der Waals surface area contributed by atoms with Crippen molar-refractivity contribution in [1.82, 2.24) is 19.0 Å². The van der Waals surface area contributed by atoms with Gasteiger partial charge in [0, 0.05) is 30.9 Å². The van der Waals surface area contributed by atoms with E-state index < -0.39 is 6.09 Å². The lowest BCUT2D eigenvalue weighted by molar-refractivity contribution is 0.0682. The number of pyridine rings is 1. The monoisotopic (exact) mass is 378 g/mol. The summed E-state index contributed by atoms with van der Waals surface area (Å²) < 4.78 is 3.65. The predicted molar refractivity (Wildman–Crippen MR) is 104 cm³/mol. The third kappa shape index (κ3) is 2.78. The van der Waals surface area contributed by atoms with E-state index in [2.05, 4.69) is 4.98 Å². The molecule has 1 aromatic carbocycles. The second-order valence-corrected chi connectivity index (χ2v) is 7.78. The number of aromatic nitrogens is 3. The van der Waals surface area contributed by atoms with Crippen molar-refractivity contribution >= 4 is 17.3 Å². The van der Waals surface area contributed by atoms with Crippen molar-refractivity contribution in [2.45, 2.75) is 50.4 Å². The van der Waals surface area contributed by atoms with Gasteiger partial charge in [-0.3, -0.25) is 9.13 Å². The minimum absolute atomic E-state index is 0.00692. The summed E-state index contributed by atoms with van der Waals surface area (Å²) in [5, 5.41) is 9.68. The Hall–Kier alpha value is -3.09. The molecule has 3 aromatic rings. The topological polar surface area (TPSA) is 80.4 Å². The highest BCUT2D eigenvalue weighted by atomic mass is 16.4. The Morgan fingerprint density at radius 2 is 1.82 bits per heavy atom. The summed E-state index contributed by atoms with van der Waals surface area (Å²) in [6.07, 6.45) is 4.14. The average molecular weight is 378 g/mol. The predicted octanol–water partition coefficient (Wildman–Crippen LogP) is 3.42. The lowest BCUT2D eigenvalue weighted by atomic mass is 9.85. The van der Waals surface area contributed by atoms with E-state index in [1.165, 1.54) is 4.90 Å². The molecule has 0 radical (unpaired) electrons. The molecule has 7 heteroatoms. The summed E-state index contributed by atoms with van der Waals surface area (Å²) in [5.41, 5.74) is 2.56. The zero-order valence-electron chi connectivity index (χ0n) is 15.4. The van der Waals surface area contributed by atoms with Gasteiger partial charge >= 0.3 is 11.8 Å². The third-order valence-electron chi connectivity index (χ3n) is 5.91. The number of nitrogens with zero attached hydrogens (tertiary/aromatic N) is 4. The number of hydrogen-bond donors (Lipinski definition) is 1. The van der Waals surface area contributed by atoms with Crippen LogP contribution in [0.2, 0.25) is 0 Å². The first-order chi connectivity index (χ1) is 13.6. The first-order valence-electron chi connectivity index (χ1n) is 9.74. The average Bonchev–Trinajstić information content (AvgIpc) is 3.45. The quantitative estimate of drug-likeness (QED) is 0.738. The molecule has 2 aliphatic rings. The zero-order chi connectivity index (χ0) is 19.3. The minimum Gasteiger partial charge on any atom is -0.465 e. The van der Waals surface area contributed by atoms with Crippen LogP contribution in [0.25, 0.3) is 11.2 Å². The molecule has 0 aliphatic heterocycles. The smallest absolute Gasteiger partial charge is 0.407 e. The highest BCUT2D eigenvalue weighted by Gasteiger charge is 2.40. The van der Waals surface area contributed by atoms with Crippen LogP contribution in [0.1, 0.15) is 43.3 Å². The Bertz CT molecular complexity index is 1080. The van der Waals surface area contributed by atoms with Gasteiger partial charge in [0.25, 0.3) is 0 Å². The lowest BCUT2D eigenvalue weighted by Crippen LogP contribution is -2.49. The summed E-state index contributed by atoms with van der Waals surface area (Å²) in [4.78, 5) is 30.8. The number of hydrogen-bond acceptors (Lipinski definition) is 3. The molecule has 0 spiro atoms. The minimum atomic E-state index is -0.918. The molecule has 28 heavy (non-hydrogen) atoms. The molecule has 0 unspecified atom stereocenters. The number of imidazole rings is 1. The van der Waals surface area contributed by atoms with Crippen LogP contribution in [-0.4, -0.2) is 36.3 Å². The molecule has 2 aromatic heterocycles. The second-order valence-electron chi connectivity index (χ2n) is 7.78. The van der Waals surface area contributed by atoms with Crippen LogP contribution in [0.4, 0.5) is 4.79 Å². The van der Waals surface area contributed by atoms with Crippen molar-refractivity contribution < 1.29 is 9.90 Å². The summed E-state index contributed by atoms with van der Waals surface area (Å²) >= 11 is 0. The van der Waals surface area contributed by atoms with Gasteiger partial charge in [0.05, 0.1) is 5.52 Å². The van der Waals surface area contributed by atoms with Gasteiger partial charge in [-0.15, -0.1) is 0 Å². The fourth-order valence-electron chi connectivity index (χ4n) is 4.24. The molecule has 2 saturated carbocycles. The molecular weight excluding hydrogens is 356 g/mol. The molecule has 1 N–H and O–H groups in total. The number of fused-ring (bicyclic) bond motifs is 1. The van der Waals surface area contributed by atoms with Gasteiger partial charge in [-0.1, -0.05) is 30.3 Å². The molecule has 5 rings (SSSR count). The van der Waals surface area contributed by atoms with E-state index in [4.69, 9.17) is 0 Å². The number of benzene rings is 1. The number of carboxylic acid groups (broad SMARTS) is 1. The molecule has 7 nitrogen and oxygen atoms in total. The Labute approximate surface area is 161 Å². The van der Waals surface area contributed by atoms with Crippen molar-refractivity contribution in [2.24, 2.45) is 0 Å². The Kier molecular flexibility index (Phi) is 3.96. The van der Waals surface area contributed by atoms with Gasteiger partial charge in [-0.25, -0.2) is 14.6 Å². The van der Waals surface area contributed by atoms with Crippen LogP contribution in [0.5, 0.6) is 0 Å². The molecule has 1 amide bonds. The molecule has 2 heterocycles. The molecule has 144 valence electrons. The van der Waals surface area contributed by atoms with E-state index in [1.807, 2.05) is 47.0 Å². The van der Waals surface area contributed by atoms with Crippen LogP contribution in [-0.2, 0) is 6.54 Å². The van der Waals surface area contributed by atoms with E-state index in [9.17, 15) is 14.7 Å². The maximum Gasteiger partial charge on any atom is 0.407 e. The Balaban J connectivity index is 1.40. The first kappa shape index (κ1) is 17.0. The van der Waals surface area contributed by atoms with Crippen LogP contribution < -0.4 is 5.69 Å². The highest BCUT2D eigenvalue weighted by Crippen LogP contribution is 2.40. The van der Waals surface area contributed by atoms with E-state index >= 15 is 0 Å². The third-order valence-corrected chi connectivity index (χ3v) is 5.91. The summed E-state index contributed by atoms with van der Waals surface area (Å²) in [5.74, 6) is 0. The van der Waals surface area contributed by atoms with Gasteiger partial charge in [0.1, 0.15) is 0 Å². The van der Waals surface area contributed by atoms with Gasteiger partial charge in [-0.2, -0.15) is 0 Å². The van der Waals surface area contributed by atoms with Crippen LogP contribution in [0.3, 0.4) is 0 Å². The molecule has 0 saturated heterocycles. The molecule has 0 bridgehead atoms. The summed E-state index contributed by atoms with van der Waals surface area (Å²) in [7, 11) is 0. The standard InChI is InChI=1S/C21H22N4O3/c26-20-24(15-8-9-15)18-7-4-10-22-19(18)25(20)17-11-16(12-17)23(21(27)28)13-14-5-2-1-3-6-14/h1-7,10,15-17H,8-9,11-13H2,(H,27,28)/t16-,17-. The number of amides is 1. The SMILES string of the molecule is O=C(O)N(Cc1ccccc1)[C@H]1C[C@H](n2c(=O)n(C3CC3)c3cccnc32)C1. The van der Waals surface area contributed by atoms with E-state index in [0.717, 1.165) is 23.9 Å². The largest absolute Gasteiger partial charge is 0.465 e. The molecular formula is C21H22N4O3. The van der Waals surface area contributed by atoms with Crippen LogP contribution in [0.15, 0.2) is 53.5 Å². The lowest BCUT2D eigenvalue weighted by Gasteiger charge is -2.41. The van der Waals surface area contributed by atoms with Gasteiger partial charge in [0.15, 0.2) is 5.65 Å². The second kappa shape index (κ2) is 6.51. The van der Waals surface area contributed by atoms with Crippen molar-refractivity contribution in [3.63, 3.8) is 0 Å². The van der Waals surface area contributed by atoms with E-state index in [-0.39, 0.29) is 23.8 Å². The zero-order valence-corrected chi connectivity index (χ0v) is 15.4. The maximum absolute atomic E-state index is 13.1. The van der Waals surface area contributed by atoms with E-state index in [0.29, 0.717) is 25.0 Å². The maximum atomic E-state index is 13.1. The van der Waals surface area contributed by atoms with E-state index in [1.54, 1.807) is 10.8 Å². The fourth-order valence-corrected chi connectivity index (χ4v) is 4.24. The summed E-state index contributed by atoms with van der Waals surface area (Å²) in [6.45, 7) is 0.366. The molecule has 2 aliphatic carbocycles.